The maximum absolute atomic E-state index is 13.0. The molecule has 1 amide bonds. The Kier molecular flexibility index (Phi) is 5.25. The molecule has 0 saturated carbocycles. The van der Waals surface area contributed by atoms with Crippen molar-refractivity contribution in [3.63, 3.8) is 0 Å². The second-order valence-electron chi connectivity index (χ2n) is 7.61. The van der Waals surface area contributed by atoms with Crippen LogP contribution in [0.4, 0.5) is 5.69 Å². The summed E-state index contributed by atoms with van der Waals surface area (Å²) in [4.78, 5) is 24.4. The van der Waals surface area contributed by atoms with Crippen LogP contribution in [0.5, 0.6) is 0 Å². The number of carbonyl (C=O) groups excluding carboxylic acids is 1. The van der Waals surface area contributed by atoms with Gasteiger partial charge in [0.25, 0.3) is 5.91 Å². The summed E-state index contributed by atoms with van der Waals surface area (Å²) in [7, 11) is 0. The van der Waals surface area contributed by atoms with E-state index in [4.69, 9.17) is 17.3 Å². The van der Waals surface area contributed by atoms with Crippen LogP contribution in [0.2, 0.25) is 5.02 Å². The van der Waals surface area contributed by atoms with Crippen LogP contribution in [0.15, 0.2) is 47.7 Å². The van der Waals surface area contributed by atoms with E-state index < -0.39 is 11.6 Å². The van der Waals surface area contributed by atoms with Crippen LogP contribution in [-0.2, 0) is 6.54 Å². The lowest BCUT2D eigenvalue weighted by atomic mass is 9.91. The number of benzene rings is 1. The zero-order valence-corrected chi connectivity index (χ0v) is 16.7. The highest BCUT2D eigenvalue weighted by molar-refractivity contribution is 6.30. The molecule has 0 saturated heterocycles. The molecule has 0 spiro atoms. The Balaban J connectivity index is 1.97. The van der Waals surface area contributed by atoms with E-state index >= 15 is 0 Å². The third kappa shape index (κ3) is 3.78. The van der Waals surface area contributed by atoms with Gasteiger partial charge in [0.15, 0.2) is 6.19 Å². The Morgan fingerprint density at radius 1 is 1.43 bits per heavy atom. The molecule has 1 aromatic carbocycles. The molecule has 7 nitrogen and oxygen atoms in total. The lowest BCUT2D eigenvalue weighted by Crippen LogP contribution is -2.46. The Bertz CT molecular complexity index is 961. The number of carbonyl (C=O) groups is 1. The summed E-state index contributed by atoms with van der Waals surface area (Å²) in [6, 6.07) is 8.64. The first kappa shape index (κ1) is 19.6. The van der Waals surface area contributed by atoms with Crippen LogP contribution in [-0.4, -0.2) is 27.9 Å². The van der Waals surface area contributed by atoms with Crippen LogP contribution in [0.25, 0.3) is 0 Å². The van der Waals surface area contributed by atoms with Gasteiger partial charge in [-0.1, -0.05) is 32.4 Å². The van der Waals surface area contributed by atoms with Crippen LogP contribution in [0.1, 0.15) is 36.7 Å². The first-order chi connectivity index (χ1) is 13.2. The monoisotopic (exact) mass is 396 g/mol. The number of amides is 1. The van der Waals surface area contributed by atoms with E-state index in [0.29, 0.717) is 22.8 Å². The lowest BCUT2D eigenvalue weighted by molar-refractivity contribution is 0.0560. The molecule has 1 aliphatic heterocycles. The summed E-state index contributed by atoms with van der Waals surface area (Å²) in [6.07, 6.45) is 4.58. The van der Waals surface area contributed by atoms with Crippen LogP contribution in [0.3, 0.4) is 0 Å². The SMILES string of the molecule is CC(C)(C)C(N=C(N)N(C#N)c1cccnc1)N1Cc2cc(Cl)ccc2C1=O. The first-order valence-electron chi connectivity index (χ1n) is 8.75. The van der Waals surface area contributed by atoms with Crippen molar-refractivity contribution >= 4 is 29.2 Å². The number of rotatable bonds is 3. The number of guanidine groups is 1. The topological polar surface area (TPSA) is 98.6 Å². The molecule has 2 heterocycles. The number of pyridine rings is 1. The van der Waals surface area contributed by atoms with Crippen LogP contribution < -0.4 is 10.6 Å². The number of nitriles is 1. The number of hydrogen-bond donors (Lipinski definition) is 1. The Labute approximate surface area is 169 Å². The first-order valence-corrected chi connectivity index (χ1v) is 9.12. The van der Waals surface area contributed by atoms with Gasteiger partial charge < -0.3 is 10.6 Å². The highest BCUT2D eigenvalue weighted by atomic mass is 35.5. The van der Waals surface area contributed by atoms with Gasteiger partial charge >= 0.3 is 0 Å². The van der Waals surface area contributed by atoms with Crippen molar-refractivity contribution in [1.29, 1.82) is 5.26 Å². The van der Waals surface area contributed by atoms with E-state index in [1.54, 1.807) is 41.4 Å². The van der Waals surface area contributed by atoms with Crippen molar-refractivity contribution in [2.75, 3.05) is 4.90 Å². The highest BCUT2D eigenvalue weighted by Gasteiger charge is 2.39. The number of fused-ring (bicyclic) bond motifs is 1. The fraction of sp³-hybridized carbons (Fsp3) is 0.300. The summed E-state index contributed by atoms with van der Waals surface area (Å²) in [5, 5.41) is 10.1. The number of aliphatic imine (C=N–C) groups is 1. The minimum atomic E-state index is -0.571. The molecule has 0 bridgehead atoms. The molecule has 28 heavy (non-hydrogen) atoms. The van der Waals surface area contributed by atoms with Crippen molar-refractivity contribution in [1.82, 2.24) is 9.88 Å². The predicted octanol–water partition coefficient (Wildman–Crippen LogP) is 3.37. The Morgan fingerprint density at radius 2 is 2.18 bits per heavy atom. The van der Waals surface area contributed by atoms with Gasteiger partial charge in [0.05, 0.1) is 11.9 Å². The molecule has 1 aliphatic rings. The maximum atomic E-state index is 13.0. The van der Waals surface area contributed by atoms with E-state index in [-0.39, 0.29) is 11.9 Å². The fourth-order valence-electron chi connectivity index (χ4n) is 3.15. The van der Waals surface area contributed by atoms with Crippen LogP contribution >= 0.6 is 11.6 Å². The summed E-state index contributed by atoms with van der Waals surface area (Å²) in [5.41, 5.74) is 7.71. The molecule has 144 valence electrons. The average molecular weight is 397 g/mol. The minimum absolute atomic E-state index is 0.00258. The van der Waals surface area contributed by atoms with Gasteiger partial charge in [-0.15, -0.1) is 0 Å². The van der Waals surface area contributed by atoms with Gasteiger partial charge in [0.1, 0.15) is 6.17 Å². The third-order valence-corrected chi connectivity index (χ3v) is 4.69. The third-order valence-electron chi connectivity index (χ3n) is 4.46. The second kappa shape index (κ2) is 7.49. The second-order valence-corrected chi connectivity index (χ2v) is 8.04. The summed E-state index contributed by atoms with van der Waals surface area (Å²) in [6.45, 7) is 6.29. The predicted molar refractivity (Wildman–Crippen MR) is 109 cm³/mol. The van der Waals surface area contributed by atoms with Crippen molar-refractivity contribution in [2.45, 2.75) is 33.5 Å². The van der Waals surface area contributed by atoms with Crippen molar-refractivity contribution in [2.24, 2.45) is 16.1 Å². The number of halogens is 1. The van der Waals surface area contributed by atoms with E-state index in [2.05, 4.69) is 9.98 Å². The Morgan fingerprint density at radius 3 is 2.79 bits per heavy atom. The number of aromatic nitrogens is 1. The molecule has 1 unspecified atom stereocenters. The van der Waals surface area contributed by atoms with Gasteiger partial charge in [-0.2, -0.15) is 5.26 Å². The van der Waals surface area contributed by atoms with Crippen molar-refractivity contribution in [3.05, 3.63) is 58.9 Å². The zero-order valence-electron chi connectivity index (χ0n) is 15.9. The maximum Gasteiger partial charge on any atom is 0.256 e. The molecule has 0 fully saturated rings. The molecule has 0 radical (unpaired) electrons. The molecule has 3 rings (SSSR count). The van der Waals surface area contributed by atoms with Gasteiger partial charge in [-0.3, -0.25) is 9.78 Å². The molecular formula is C20H21ClN6O. The van der Waals surface area contributed by atoms with Crippen LogP contribution in [0, 0.1) is 16.9 Å². The molecule has 2 aromatic rings. The smallest absolute Gasteiger partial charge is 0.256 e. The quantitative estimate of drug-likeness (QED) is 0.371. The van der Waals surface area contributed by atoms with E-state index in [1.807, 2.05) is 27.0 Å². The minimum Gasteiger partial charge on any atom is -0.369 e. The number of anilines is 1. The van der Waals surface area contributed by atoms with Gasteiger partial charge in [0.2, 0.25) is 5.96 Å². The molecule has 1 atom stereocenters. The average Bonchev–Trinajstić information content (AvgIpc) is 2.95. The van der Waals surface area contributed by atoms with E-state index in [9.17, 15) is 10.1 Å². The largest absolute Gasteiger partial charge is 0.369 e. The summed E-state index contributed by atoms with van der Waals surface area (Å²) >= 11 is 6.07. The number of nitrogens with zero attached hydrogens (tertiary/aromatic N) is 5. The van der Waals surface area contributed by atoms with Crippen molar-refractivity contribution in [3.8, 4) is 6.19 Å². The zero-order chi connectivity index (χ0) is 20.5. The highest BCUT2D eigenvalue weighted by Crippen LogP contribution is 2.34. The molecule has 2 N–H and O–H groups in total. The molecule has 1 aromatic heterocycles. The standard InChI is InChI=1S/C20H21ClN6O/c1-20(2,3)18(25-19(23)27(12-22)15-5-4-8-24-10-15)26-11-13-9-14(21)6-7-16(13)17(26)28/h4-10,18H,11H2,1-3H3,(H2,23,25). The summed E-state index contributed by atoms with van der Waals surface area (Å²) in [5.74, 6) is -0.134. The van der Waals surface area contributed by atoms with Gasteiger partial charge in [-0.25, -0.2) is 9.89 Å². The van der Waals surface area contributed by atoms with E-state index in [1.165, 1.54) is 11.1 Å². The molecular weight excluding hydrogens is 376 g/mol. The van der Waals surface area contributed by atoms with Gasteiger partial charge in [0, 0.05) is 28.7 Å². The van der Waals surface area contributed by atoms with E-state index in [0.717, 1.165) is 5.56 Å². The van der Waals surface area contributed by atoms with Crippen molar-refractivity contribution < 1.29 is 4.79 Å². The van der Waals surface area contributed by atoms with Gasteiger partial charge in [-0.05, 0) is 35.9 Å². The molecule has 0 aliphatic carbocycles. The molecule has 8 heteroatoms. The number of nitrogens with two attached hydrogens (primary N) is 1. The lowest BCUT2D eigenvalue weighted by Gasteiger charge is -2.35. The summed E-state index contributed by atoms with van der Waals surface area (Å²) < 4.78 is 0. The number of hydrogen-bond acceptors (Lipinski definition) is 4. The fourth-order valence-corrected chi connectivity index (χ4v) is 3.35. The Hall–Kier alpha value is -3.11. The normalized spacial score (nSPS) is 15.2.